The Balaban J connectivity index is 1.42. The van der Waals surface area contributed by atoms with Crippen LogP contribution in [0, 0.1) is 11.7 Å². The highest BCUT2D eigenvalue weighted by Gasteiger charge is 2.41. The summed E-state index contributed by atoms with van der Waals surface area (Å²) in [5.41, 5.74) is 2.97. The van der Waals surface area contributed by atoms with Crippen LogP contribution in [0.5, 0.6) is 0 Å². The molecule has 1 aromatic heterocycles. The average Bonchev–Trinajstić information content (AvgIpc) is 3.30. The van der Waals surface area contributed by atoms with E-state index in [2.05, 4.69) is 27.2 Å². The second-order valence-electron chi connectivity index (χ2n) is 7.89. The summed E-state index contributed by atoms with van der Waals surface area (Å²) < 4.78 is 19.8. The van der Waals surface area contributed by atoms with E-state index in [0.29, 0.717) is 31.7 Å². The quantitative estimate of drug-likeness (QED) is 0.721. The van der Waals surface area contributed by atoms with Gasteiger partial charge in [0.1, 0.15) is 11.6 Å². The third-order valence-corrected chi connectivity index (χ3v) is 6.17. The number of nitrogens with zero attached hydrogens (tertiary/aromatic N) is 2. The van der Waals surface area contributed by atoms with Gasteiger partial charge in [0.05, 0.1) is 30.5 Å². The van der Waals surface area contributed by atoms with Gasteiger partial charge in [-0.2, -0.15) is 0 Å². The number of para-hydroxylation sites is 2. The first-order chi connectivity index (χ1) is 14.7. The lowest BCUT2D eigenvalue weighted by molar-refractivity contribution is -0.126. The van der Waals surface area contributed by atoms with Gasteiger partial charge in [0.15, 0.2) is 0 Å². The molecule has 0 aliphatic carbocycles. The summed E-state index contributed by atoms with van der Waals surface area (Å²) in [6, 6.07) is 18.8. The number of carbonyl (C=O) groups excluding carboxylic acids is 1. The van der Waals surface area contributed by atoms with E-state index in [-0.39, 0.29) is 23.7 Å². The Labute approximate surface area is 175 Å². The summed E-state index contributed by atoms with van der Waals surface area (Å²) in [4.78, 5) is 17.6. The van der Waals surface area contributed by atoms with Gasteiger partial charge in [0, 0.05) is 25.3 Å². The summed E-state index contributed by atoms with van der Waals surface area (Å²) in [6.45, 7) is 2.44. The van der Waals surface area contributed by atoms with Crippen LogP contribution in [0.4, 0.5) is 15.8 Å². The molecule has 1 amide bonds. The van der Waals surface area contributed by atoms with Gasteiger partial charge in [-0.15, -0.1) is 0 Å². The molecule has 1 N–H and O–H groups in total. The van der Waals surface area contributed by atoms with Crippen LogP contribution in [0.3, 0.4) is 0 Å². The average molecular weight is 405 g/mol. The van der Waals surface area contributed by atoms with E-state index in [1.165, 1.54) is 17.3 Å². The second-order valence-corrected chi connectivity index (χ2v) is 7.89. The minimum atomic E-state index is -0.221. The molecule has 1 saturated heterocycles. The molecule has 30 heavy (non-hydrogen) atoms. The summed E-state index contributed by atoms with van der Waals surface area (Å²) >= 11 is 0. The van der Waals surface area contributed by atoms with Crippen molar-refractivity contribution in [2.24, 2.45) is 5.92 Å². The van der Waals surface area contributed by atoms with Gasteiger partial charge in [0.2, 0.25) is 5.91 Å². The number of nitrogens with one attached hydrogen (secondary N) is 1. The second kappa shape index (κ2) is 7.86. The number of hydrogen-bond acceptors (Lipinski definition) is 4. The molecule has 2 aliphatic heterocycles. The van der Waals surface area contributed by atoms with Crippen molar-refractivity contribution in [2.45, 2.75) is 19.0 Å². The topological polar surface area (TPSA) is 48.7 Å². The van der Waals surface area contributed by atoms with Gasteiger partial charge in [-0.3, -0.25) is 4.79 Å². The lowest BCUT2D eigenvalue weighted by Gasteiger charge is -2.49. The van der Waals surface area contributed by atoms with Crippen LogP contribution in [-0.4, -0.2) is 31.6 Å². The molecule has 5 rings (SSSR count). The van der Waals surface area contributed by atoms with Crippen LogP contribution in [0.25, 0.3) is 0 Å². The molecule has 2 atom stereocenters. The van der Waals surface area contributed by atoms with Crippen molar-refractivity contribution < 1.29 is 13.6 Å². The number of halogens is 1. The van der Waals surface area contributed by atoms with E-state index in [1.807, 2.05) is 36.4 Å². The van der Waals surface area contributed by atoms with Crippen molar-refractivity contribution in [3.63, 3.8) is 0 Å². The molecule has 2 aromatic carbocycles. The van der Waals surface area contributed by atoms with Crippen molar-refractivity contribution in [1.82, 2.24) is 5.32 Å². The van der Waals surface area contributed by atoms with Gasteiger partial charge < -0.3 is 19.5 Å². The van der Waals surface area contributed by atoms with Crippen LogP contribution in [0.2, 0.25) is 0 Å². The predicted molar refractivity (Wildman–Crippen MR) is 114 cm³/mol. The van der Waals surface area contributed by atoms with Crippen LogP contribution in [-0.2, 0) is 17.8 Å². The van der Waals surface area contributed by atoms with Crippen LogP contribution >= 0.6 is 0 Å². The van der Waals surface area contributed by atoms with Gasteiger partial charge >= 0.3 is 0 Å². The first-order valence-corrected chi connectivity index (χ1v) is 10.3. The van der Waals surface area contributed by atoms with Crippen molar-refractivity contribution in [1.29, 1.82) is 0 Å². The number of anilines is 2. The highest BCUT2D eigenvalue weighted by molar-refractivity contribution is 5.82. The number of piperazine rings is 1. The zero-order valence-corrected chi connectivity index (χ0v) is 16.6. The predicted octanol–water partition coefficient (Wildman–Crippen LogP) is 3.60. The third kappa shape index (κ3) is 3.43. The third-order valence-electron chi connectivity index (χ3n) is 6.17. The molecular weight excluding hydrogens is 381 g/mol. The molecule has 0 bridgehead atoms. The largest absolute Gasteiger partial charge is 0.467 e. The number of hydrogen-bond donors (Lipinski definition) is 1. The molecule has 3 heterocycles. The van der Waals surface area contributed by atoms with Crippen molar-refractivity contribution >= 4 is 17.3 Å². The fraction of sp³-hybridized carbons (Fsp3) is 0.292. The first-order valence-electron chi connectivity index (χ1n) is 10.3. The molecule has 0 spiro atoms. The SMILES string of the molecule is O=C(NCc1ccco1)[C@H]1Cc2ccccc2N2CCN(c3ccccc3F)C[C@H]12. The fourth-order valence-corrected chi connectivity index (χ4v) is 4.70. The summed E-state index contributed by atoms with van der Waals surface area (Å²) in [5.74, 6) is 0.296. The molecule has 2 aliphatic rings. The monoisotopic (exact) mass is 405 g/mol. The molecule has 6 heteroatoms. The van der Waals surface area contributed by atoms with Crippen LogP contribution in [0.15, 0.2) is 71.3 Å². The molecule has 154 valence electrons. The van der Waals surface area contributed by atoms with Gasteiger partial charge in [-0.25, -0.2) is 4.39 Å². The smallest absolute Gasteiger partial charge is 0.225 e. The minimum Gasteiger partial charge on any atom is -0.467 e. The van der Waals surface area contributed by atoms with E-state index in [9.17, 15) is 9.18 Å². The van der Waals surface area contributed by atoms with Crippen LogP contribution < -0.4 is 15.1 Å². The number of benzene rings is 2. The van der Waals surface area contributed by atoms with Gasteiger partial charge in [-0.05, 0) is 42.3 Å². The number of rotatable bonds is 4. The highest BCUT2D eigenvalue weighted by atomic mass is 19.1. The lowest BCUT2D eigenvalue weighted by Crippen LogP contribution is -2.61. The Morgan fingerprint density at radius 2 is 1.83 bits per heavy atom. The highest BCUT2D eigenvalue weighted by Crippen LogP contribution is 2.37. The fourth-order valence-electron chi connectivity index (χ4n) is 4.70. The molecule has 3 aromatic rings. The Hall–Kier alpha value is -3.28. The maximum atomic E-state index is 14.4. The van der Waals surface area contributed by atoms with Gasteiger partial charge in [0.25, 0.3) is 0 Å². The Bertz CT molecular complexity index is 1040. The maximum absolute atomic E-state index is 14.4. The van der Waals surface area contributed by atoms with E-state index in [1.54, 1.807) is 12.3 Å². The van der Waals surface area contributed by atoms with E-state index in [0.717, 1.165) is 12.3 Å². The zero-order valence-electron chi connectivity index (χ0n) is 16.6. The van der Waals surface area contributed by atoms with Crippen molar-refractivity contribution in [3.8, 4) is 0 Å². The first kappa shape index (κ1) is 18.7. The molecule has 5 nitrogen and oxygen atoms in total. The molecule has 0 radical (unpaired) electrons. The molecular formula is C24H24FN3O2. The summed E-state index contributed by atoms with van der Waals surface area (Å²) in [5, 5.41) is 3.03. The minimum absolute atomic E-state index is 0.00582. The number of furan rings is 1. The summed E-state index contributed by atoms with van der Waals surface area (Å²) in [7, 11) is 0. The molecule has 0 saturated carbocycles. The van der Waals surface area contributed by atoms with E-state index >= 15 is 0 Å². The Kier molecular flexibility index (Phi) is 4.91. The van der Waals surface area contributed by atoms with Crippen molar-refractivity contribution in [3.05, 3.63) is 84.1 Å². The number of carbonyl (C=O) groups is 1. The van der Waals surface area contributed by atoms with Gasteiger partial charge in [-0.1, -0.05) is 30.3 Å². The molecule has 1 fully saturated rings. The van der Waals surface area contributed by atoms with Crippen LogP contribution in [0.1, 0.15) is 11.3 Å². The van der Waals surface area contributed by atoms with E-state index in [4.69, 9.17) is 4.42 Å². The summed E-state index contributed by atoms with van der Waals surface area (Å²) in [6.07, 6.45) is 2.28. The molecule has 0 unspecified atom stereocenters. The number of amides is 1. The normalized spacial score (nSPS) is 20.4. The zero-order chi connectivity index (χ0) is 20.5. The van der Waals surface area contributed by atoms with E-state index < -0.39 is 0 Å². The van der Waals surface area contributed by atoms with Crippen molar-refractivity contribution in [2.75, 3.05) is 29.4 Å². The standard InChI is InChI=1S/C24H24FN3O2/c25-20-8-2-4-10-22(20)27-11-12-28-21-9-3-1-6-17(21)14-19(23(28)16-27)24(29)26-15-18-7-5-13-30-18/h1-10,13,19,23H,11-12,14-16H2,(H,26,29)/t19-,23+/m0/s1. The number of fused-ring (bicyclic) bond motifs is 3. The Morgan fingerprint density at radius 3 is 2.63 bits per heavy atom. The lowest BCUT2D eigenvalue weighted by atomic mass is 9.83. The Morgan fingerprint density at radius 1 is 1.03 bits per heavy atom. The maximum Gasteiger partial charge on any atom is 0.225 e.